The summed E-state index contributed by atoms with van der Waals surface area (Å²) in [6.45, 7) is 0. The molecule has 4 N–H and O–H groups in total. The second-order valence-corrected chi connectivity index (χ2v) is 4.25. The zero-order valence-electron chi connectivity index (χ0n) is 7.02. The van der Waals surface area contributed by atoms with E-state index in [0.717, 1.165) is 0 Å². The summed E-state index contributed by atoms with van der Waals surface area (Å²) in [6.07, 6.45) is 0. The molecular formula is C6H7N2NaO2S2. The molecule has 0 atom stereocenters. The molecule has 0 spiro atoms. The van der Waals surface area contributed by atoms with Crippen molar-refractivity contribution in [3.8, 4) is 0 Å². The summed E-state index contributed by atoms with van der Waals surface area (Å²) in [6, 6.07) is 4.01. The molecular weight excluding hydrogens is 219 g/mol. The maximum absolute atomic E-state index is 10.8. The molecule has 0 amide bonds. The van der Waals surface area contributed by atoms with Crippen LogP contribution in [0.4, 0.5) is 5.69 Å². The predicted octanol–water partition coefficient (Wildman–Crippen LogP) is -3.17. The smallest absolute Gasteiger partial charge is 0.778 e. The fourth-order valence-electron chi connectivity index (χ4n) is 0.704. The average molecular weight is 226 g/mol. The van der Waals surface area contributed by atoms with Crippen LogP contribution in [0, 0.1) is 0 Å². The minimum Gasteiger partial charge on any atom is -0.778 e. The summed E-state index contributed by atoms with van der Waals surface area (Å²) in [5.74, 6) is 0. The van der Waals surface area contributed by atoms with E-state index in [2.05, 4.69) is 0 Å². The SMILES string of the molecule is Nc1cc(S(N)(=O)=O)ccc1[S-].[Na+]. The molecule has 7 heteroatoms. The van der Waals surface area contributed by atoms with Crippen molar-refractivity contribution in [2.45, 2.75) is 9.79 Å². The number of hydrogen-bond acceptors (Lipinski definition) is 4. The summed E-state index contributed by atoms with van der Waals surface area (Å²) < 4.78 is 21.6. The van der Waals surface area contributed by atoms with E-state index >= 15 is 0 Å². The van der Waals surface area contributed by atoms with E-state index in [-0.39, 0.29) is 40.1 Å². The standard InChI is InChI=1S/C6H8N2O2S2.Na/c7-5-3-4(12(8,9)10)1-2-6(5)11;/h1-3,11H,7H2,(H2,8,9,10);/q;+1/p-1. The van der Waals surface area contributed by atoms with Gasteiger partial charge in [0.1, 0.15) is 0 Å². The van der Waals surface area contributed by atoms with Gasteiger partial charge >= 0.3 is 29.6 Å². The first-order chi connectivity index (χ1) is 5.41. The van der Waals surface area contributed by atoms with Crippen molar-refractivity contribution < 1.29 is 38.0 Å². The van der Waals surface area contributed by atoms with Crippen LogP contribution in [-0.2, 0) is 22.7 Å². The third kappa shape index (κ3) is 3.41. The van der Waals surface area contributed by atoms with E-state index in [1.165, 1.54) is 18.2 Å². The summed E-state index contributed by atoms with van der Waals surface area (Å²) in [5, 5.41) is 4.86. The quantitative estimate of drug-likeness (QED) is 0.300. The summed E-state index contributed by atoms with van der Waals surface area (Å²) in [7, 11) is -3.67. The Kier molecular flexibility index (Phi) is 4.64. The zero-order valence-corrected chi connectivity index (χ0v) is 10.7. The van der Waals surface area contributed by atoms with Gasteiger partial charge in [0.25, 0.3) is 0 Å². The Hall–Kier alpha value is 0.150. The van der Waals surface area contributed by atoms with Crippen LogP contribution in [0.15, 0.2) is 28.0 Å². The first-order valence-corrected chi connectivity index (χ1v) is 4.96. The Morgan fingerprint density at radius 3 is 2.23 bits per heavy atom. The number of benzene rings is 1. The van der Waals surface area contributed by atoms with E-state index < -0.39 is 10.0 Å². The zero-order chi connectivity index (χ0) is 9.35. The van der Waals surface area contributed by atoms with Crippen molar-refractivity contribution in [3.63, 3.8) is 0 Å². The molecule has 0 bridgehead atoms. The average Bonchev–Trinajstić information content (AvgIpc) is 1.92. The first-order valence-electron chi connectivity index (χ1n) is 3.00. The van der Waals surface area contributed by atoms with Crippen LogP contribution >= 0.6 is 0 Å². The van der Waals surface area contributed by atoms with Gasteiger partial charge in [-0.15, -0.1) is 0 Å². The van der Waals surface area contributed by atoms with Gasteiger partial charge in [0, 0.05) is 5.69 Å². The molecule has 1 aromatic rings. The van der Waals surface area contributed by atoms with Crippen molar-refractivity contribution in [1.29, 1.82) is 0 Å². The minimum absolute atomic E-state index is 0. The van der Waals surface area contributed by atoms with Crippen molar-refractivity contribution in [2.75, 3.05) is 5.73 Å². The molecule has 1 rings (SSSR count). The summed E-state index contributed by atoms with van der Waals surface area (Å²) >= 11 is 4.78. The Morgan fingerprint density at radius 2 is 1.85 bits per heavy atom. The third-order valence-electron chi connectivity index (χ3n) is 1.31. The Labute approximate surface area is 104 Å². The topological polar surface area (TPSA) is 86.2 Å². The Balaban J connectivity index is 0.00000144. The van der Waals surface area contributed by atoms with Gasteiger partial charge in [-0.3, -0.25) is 0 Å². The van der Waals surface area contributed by atoms with Crippen LogP contribution in [0.1, 0.15) is 0 Å². The molecule has 0 saturated heterocycles. The molecule has 0 aliphatic rings. The van der Waals surface area contributed by atoms with Crippen LogP contribution in [0.3, 0.4) is 0 Å². The number of hydrogen-bond donors (Lipinski definition) is 2. The molecule has 0 radical (unpaired) electrons. The first kappa shape index (κ1) is 13.2. The van der Waals surface area contributed by atoms with Gasteiger partial charge < -0.3 is 18.4 Å². The fraction of sp³-hybridized carbons (Fsp3) is 0. The van der Waals surface area contributed by atoms with E-state index in [4.69, 9.17) is 23.5 Å². The second-order valence-electron chi connectivity index (χ2n) is 2.24. The number of sulfonamides is 1. The molecule has 66 valence electrons. The van der Waals surface area contributed by atoms with Crippen LogP contribution < -0.4 is 40.4 Å². The number of rotatable bonds is 1. The van der Waals surface area contributed by atoms with Crippen molar-refractivity contribution in [3.05, 3.63) is 18.2 Å². The molecule has 0 aromatic heterocycles. The van der Waals surface area contributed by atoms with E-state index in [1.807, 2.05) is 0 Å². The summed E-state index contributed by atoms with van der Waals surface area (Å²) in [5.41, 5.74) is 5.64. The summed E-state index contributed by atoms with van der Waals surface area (Å²) in [4.78, 5) is 0.399. The van der Waals surface area contributed by atoms with Crippen LogP contribution in [0.2, 0.25) is 0 Å². The molecule has 0 saturated carbocycles. The molecule has 0 fully saturated rings. The van der Waals surface area contributed by atoms with Gasteiger partial charge in [0.2, 0.25) is 10.0 Å². The number of nitrogen functional groups attached to an aromatic ring is 1. The molecule has 0 heterocycles. The van der Waals surface area contributed by atoms with Crippen molar-refractivity contribution in [2.24, 2.45) is 5.14 Å². The molecule has 1 aromatic carbocycles. The van der Waals surface area contributed by atoms with E-state index in [0.29, 0.717) is 4.90 Å². The monoisotopic (exact) mass is 226 g/mol. The maximum atomic E-state index is 10.8. The largest absolute Gasteiger partial charge is 1.00 e. The van der Waals surface area contributed by atoms with Gasteiger partial charge in [-0.2, -0.15) is 4.90 Å². The van der Waals surface area contributed by atoms with Gasteiger partial charge in [0.05, 0.1) is 4.90 Å². The van der Waals surface area contributed by atoms with Gasteiger partial charge in [-0.25, -0.2) is 13.6 Å². The maximum Gasteiger partial charge on any atom is 1.00 e. The molecule has 4 nitrogen and oxygen atoms in total. The number of primary sulfonamides is 1. The molecule has 0 aliphatic heterocycles. The normalized spacial score (nSPS) is 10.5. The molecule has 0 unspecified atom stereocenters. The van der Waals surface area contributed by atoms with Crippen molar-refractivity contribution in [1.82, 2.24) is 0 Å². The Bertz CT molecular complexity index is 405. The molecule has 0 aliphatic carbocycles. The van der Waals surface area contributed by atoms with Crippen LogP contribution in [0.25, 0.3) is 0 Å². The number of nitrogens with two attached hydrogens (primary N) is 2. The fourth-order valence-corrected chi connectivity index (χ4v) is 1.38. The third-order valence-corrected chi connectivity index (χ3v) is 2.59. The van der Waals surface area contributed by atoms with E-state index in [9.17, 15) is 8.42 Å². The van der Waals surface area contributed by atoms with Gasteiger partial charge in [0.15, 0.2) is 0 Å². The van der Waals surface area contributed by atoms with Crippen LogP contribution in [0.5, 0.6) is 0 Å². The van der Waals surface area contributed by atoms with E-state index in [1.54, 1.807) is 0 Å². The van der Waals surface area contributed by atoms with Crippen molar-refractivity contribution >= 4 is 28.3 Å². The predicted molar refractivity (Wildman–Crippen MR) is 47.9 cm³/mol. The second kappa shape index (κ2) is 4.59. The molecule has 13 heavy (non-hydrogen) atoms. The van der Waals surface area contributed by atoms with Gasteiger partial charge in [-0.05, 0) is 12.1 Å². The van der Waals surface area contributed by atoms with Gasteiger partial charge in [-0.1, -0.05) is 6.07 Å². The Morgan fingerprint density at radius 1 is 1.31 bits per heavy atom. The minimum atomic E-state index is -3.67. The number of anilines is 1. The van der Waals surface area contributed by atoms with Crippen LogP contribution in [-0.4, -0.2) is 8.42 Å².